The van der Waals surface area contributed by atoms with E-state index in [-0.39, 0.29) is 11.8 Å². The summed E-state index contributed by atoms with van der Waals surface area (Å²) >= 11 is 0. The number of methoxy groups -OCH3 is 1. The maximum Gasteiger partial charge on any atom is 0.255 e. The number of H-pyrrole nitrogens is 1. The number of aromatic amines is 1. The summed E-state index contributed by atoms with van der Waals surface area (Å²) in [5, 5.41) is 3.87. The van der Waals surface area contributed by atoms with E-state index in [9.17, 15) is 9.59 Å². The van der Waals surface area contributed by atoms with Crippen molar-refractivity contribution >= 4 is 34.1 Å². The Morgan fingerprint density at radius 1 is 1.19 bits per heavy atom. The largest absolute Gasteiger partial charge is 0.494 e. The average molecular weight is 349 g/mol. The molecule has 1 fully saturated rings. The highest BCUT2D eigenvalue weighted by Crippen LogP contribution is 2.34. The molecule has 2 amide bonds. The van der Waals surface area contributed by atoms with Crippen LogP contribution >= 0.6 is 0 Å². The molecule has 0 unspecified atom stereocenters. The van der Waals surface area contributed by atoms with E-state index in [1.165, 1.54) is 0 Å². The molecule has 0 atom stereocenters. The molecular formula is C20H19N3O3. The fraction of sp³-hybridized carbons (Fsp3) is 0.200. The molecule has 1 aliphatic rings. The molecule has 1 aromatic heterocycles. The van der Waals surface area contributed by atoms with Crippen LogP contribution in [0.2, 0.25) is 0 Å². The first-order valence-corrected chi connectivity index (χ1v) is 8.52. The Hall–Kier alpha value is -3.28. The van der Waals surface area contributed by atoms with Gasteiger partial charge in [0, 0.05) is 47.4 Å². The van der Waals surface area contributed by atoms with Crippen LogP contribution in [0.1, 0.15) is 23.2 Å². The summed E-state index contributed by atoms with van der Waals surface area (Å²) in [6.07, 6.45) is 3.25. The number of carbonyl (C=O) groups excluding carboxylic acids is 2. The summed E-state index contributed by atoms with van der Waals surface area (Å²) in [5.41, 5.74) is 2.93. The van der Waals surface area contributed by atoms with Crippen molar-refractivity contribution in [3.8, 4) is 5.75 Å². The molecule has 2 aromatic carbocycles. The summed E-state index contributed by atoms with van der Waals surface area (Å²) in [5.74, 6) is 0.471. The van der Waals surface area contributed by atoms with Crippen LogP contribution in [0.5, 0.6) is 5.75 Å². The van der Waals surface area contributed by atoms with Crippen LogP contribution in [-0.2, 0) is 4.79 Å². The first kappa shape index (κ1) is 16.2. The fourth-order valence-corrected chi connectivity index (χ4v) is 3.28. The molecule has 0 aliphatic carbocycles. The molecule has 132 valence electrons. The summed E-state index contributed by atoms with van der Waals surface area (Å²) in [4.78, 5) is 29.4. The fourth-order valence-electron chi connectivity index (χ4n) is 3.28. The maximum atomic E-state index is 12.5. The Balaban J connectivity index is 1.57. The predicted molar refractivity (Wildman–Crippen MR) is 101 cm³/mol. The molecule has 4 rings (SSSR count). The van der Waals surface area contributed by atoms with Crippen LogP contribution in [0, 0.1) is 0 Å². The highest BCUT2D eigenvalue weighted by molar-refractivity contribution is 6.06. The number of hydrogen-bond acceptors (Lipinski definition) is 3. The molecular weight excluding hydrogens is 330 g/mol. The van der Waals surface area contributed by atoms with Gasteiger partial charge in [-0.25, -0.2) is 0 Å². The second-order valence-corrected chi connectivity index (χ2v) is 6.27. The summed E-state index contributed by atoms with van der Waals surface area (Å²) in [6.45, 7) is 0.692. The van der Waals surface area contributed by atoms with Crippen LogP contribution in [-0.4, -0.2) is 30.5 Å². The number of rotatable bonds is 4. The van der Waals surface area contributed by atoms with Gasteiger partial charge in [0.1, 0.15) is 5.75 Å². The van der Waals surface area contributed by atoms with Gasteiger partial charge in [0.15, 0.2) is 0 Å². The summed E-state index contributed by atoms with van der Waals surface area (Å²) in [6, 6.07) is 12.8. The van der Waals surface area contributed by atoms with Crippen molar-refractivity contribution in [3.63, 3.8) is 0 Å². The molecule has 0 spiro atoms. The van der Waals surface area contributed by atoms with Crippen LogP contribution in [0.25, 0.3) is 10.9 Å². The minimum atomic E-state index is -0.194. The number of nitrogens with one attached hydrogen (secondary N) is 2. The number of anilines is 2. The van der Waals surface area contributed by atoms with Gasteiger partial charge in [-0.15, -0.1) is 0 Å². The van der Waals surface area contributed by atoms with Crippen molar-refractivity contribution in [2.45, 2.75) is 12.8 Å². The third kappa shape index (κ3) is 2.90. The lowest BCUT2D eigenvalue weighted by molar-refractivity contribution is -0.117. The third-order valence-electron chi connectivity index (χ3n) is 4.62. The predicted octanol–water partition coefficient (Wildman–Crippen LogP) is 3.56. The molecule has 6 nitrogen and oxygen atoms in total. The van der Waals surface area contributed by atoms with E-state index in [0.717, 1.165) is 23.0 Å². The second kappa shape index (κ2) is 6.55. The number of fused-ring (bicyclic) bond motifs is 1. The Kier molecular flexibility index (Phi) is 4.08. The monoisotopic (exact) mass is 349 g/mol. The lowest BCUT2D eigenvalue weighted by Crippen LogP contribution is -2.24. The normalized spacial score (nSPS) is 14.0. The number of nitrogens with zero attached hydrogens (tertiary/aromatic N) is 1. The minimum Gasteiger partial charge on any atom is -0.494 e. The molecule has 26 heavy (non-hydrogen) atoms. The average Bonchev–Trinajstić information content (AvgIpc) is 3.29. The van der Waals surface area contributed by atoms with Gasteiger partial charge in [-0.3, -0.25) is 9.59 Å². The molecule has 3 aromatic rings. The second-order valence-electron chi connectivity index (χ2n) is 6.27. The number of amides is 2. The van der Waals surface area contributed by atoms with Gasteiger partial charge < -0.3 is 19.9 Å². The zero-order chi connectivity index (χ0) is 18.1. The van der Waals surface area contributed by atoms with Crippen molar-refractivity contribution < 1.29 is 14.3 Å². The Morgan fingerprint density at radius 2 is 2.08 bits per heavy atom. The molecule has 2 heterocycles. The van der Waals surface area contributed by atoms with Gasteiger partial charge in [0.05, 0.1) is 12.8 Å². The molecule has 0 saturated carbocycles. The third-order valence-corrected chi connectivity index (χ3v) is 4.62. The number of benzene rings is 2. The molecule has 1 saturated heterocycles. The Morgan fingerprint density at radius 3 is 2.85 bits per heavy atom. The number of ether oxygens (including phenoxy) is 1. The van der Waals surface area contributed by atoms with E-state index in [1.54, 1.807) is 30.2 Å². The van der Waals surface area contributed by atoms with Gasteiger partial charge in [-0.1, -0.05) is 0 Å². The minimum absolute atomic E-state index is 0.0971. The van der Waals surface area contributed by atoms with E-state index in [2.05, 4.69) is 10.3 Å². The quantitative estimate of drug-likeness (QED) is 0.756. The van der Waals surface area contributed by atoms with Crippen molar-refractivity contribution in [3.05, 3.63) is 54.2 Å². The highest BCUT2D eigenvalue weighted by atomic mass is 16.5. The zero-order valence-corrected chi connectivity index (χ0v) is 14.4. The SMILES string of the molecule is COc1cc(NC(=O)c2ccc3[nH]ccc3c2)ccc1N1CCCC1=O. The lowest BCUT2D eigenvalue weighted by atomic mass is 10.1. The molecule has 2 N–H and O–H groups in total. The van der Waals surface area contributed by atoms with E-state index in [0.29, 0.717) is 30.0 Å². The number of aromatic nitrogens is 1. The van der Waals surface area contributed by atoms with Gasteiger partial charge in [0.2, 0.25) is 5.91 Å². The molecule has 1 aliphatic heterocycles. The van der Waals surface area contributed by atoms with Crippen LogP contribution < -0.4 is 15.0 Å². The van der Waals surface area contributed by atoms with Crippen LogP contribution in [0.15, 0.2) is 48.7 Å². The van der Waals surface area contributed by atoms with Gasteiger partial charge in [-0.05, 0) is 42.8 Å². The number of hydrogen-bond donors (Lipinski definition) is 2. The van der Waals surface area contributed by atoms with Gasteiger partial charge in [0.25, 0.3) is 5.91 Å². The first-order valence-electron chi connectivity index (χ1n) is 8.52. The van der Waals surface area contributed by atoms with Gasteiger partial charge >= 0.3 is 0 Å². The zero-order valence-electron chi connectivity index (χ0n) is 14.4. The van der Waals surface area contributed by atoms with E-state index < -0.39 is 0 Å². The van der Waals surface area contributed by atoms with Gasteiger partial charge in [-0.2, -0.15) is 0 Å². The summed E-state index contributed by atoms with van der Waals surface area (Å²) < 4.78 is 5.43. The topological polar surface area (TPSA) is 74.4 Å². The highest BCUT2D eigenvalue weighted by Gasteiger charge is 2.24. The molecule has 0 radical (unpaired) electrons. The standard InChI is InChI=1S/C20H19N3O3/c1-26-18-12-15(5-7-17(18)23-10-2-3-19(23)24)22-20(25)14-4-6-16-13(11-14)8-9-21-16/h4-9,11-12,21H,2-3,10H2,1H3,(H,22,25). The van der Waals surface area contributed by atoms with Crippen molar-refractivity contribution in [1.82, 2.24) is 4.98 Å². The smallest absolute Gasteiger partial charge is 0.255 e. The molecule has 0 bridgehead atoms. The first-order chi connectivity index (χ1) is 12.7. The van der Waals surface area contributed by atoms with Crippen LogP contribution in [0.3, 0.4) is 0 Å². The van der Waals surface area contributed by atoms with Crippen molar-refractivity contribution in [1.29, 1.82) is 0 Å². The van der Waals surface area contributed by atoms with Crippen LogP contribution in [0.4, 0.5) is 11.4 Å². The van der Waals surface area contributed by atoms with E-state index in [4.69, 9.17) is 4.74 Å². The lowest BCUT2D eigenvalue weighted by Gasteiger charge is -2.19. The number of carbonyl (C=O) groups is 2. The summed E-state index contributed by atoms with van der Waals surface area (Å²) in [7, 11) is 1.56. The van der Waals surface area contributed by atoms with Crippen molar-refractivity contribution in [2.75, 3.05) is 23.9 Å². The van der Waals surface area contributed by atoms with E-state index in [1.807, 2.05) is 30.5 Å². The molecule has 6 heteroatoms. The van der Waals surface area contributed by atoms with E-state index >= 15 is 0 Å². The maximum absolute atomic E-state index is 12.5. The Bertz CT molecular complexity index is 993. The van der Waals surface area contributed by atoms with Crippen molar-refractivity contribution in [2.24, 2.45) is 0 Å². The Labute approximate surface area is 150 Å².